The lowest BCUT2D eigenvalue weighted by molar-refractivity contribution is 0.0925. The minimum Gasteiger partial charge on any atom is -0.493 e. The first kappa shape index (κ1) is 14.4. The van der Waals surface area contributed by atoms with Gasteiger partial charge in [-0.3, -0.25) is 4.79 Å². The second-order valence-electron chi connectivity index (χ2n) is 4.86. The Labute approximate surface area is 136 Å². The van der Waals surface area contributed by atoms with Crippen LogP contribution in [0.4, 0.5) is 0 Å². The van der Waals surface area contributed by atoms with Crippen LogP contribution in [0, 0.1) is 0 Å². The summed E-state index contributed by atoms with van der Waals surface area (Å²) >= 11 is 9.38. The Morgan fingerprint density at radius 1 is 1.29 bits per heavy atom. The molecule has 1 amide bonds. The fourth-order valence-corrected chi connectivity index (χ4v) is 2.96. The van der Waals surface area contributed by atoms with Gasteiger partial charge in [-0.2, -0.15) is 0 Å². The van der Waals surface area contributed by atoms with Crippen LogP contribution in [0.25, 0.3) is 0 Å². The van der Waals surface area contributed by atoms with Crippen LogP contribution in [0.1, 0.15) is 28.4 Å². The molecule has 0 spiro atoms. The van der Waals surface area contributed by atoms with Crippen LogP contribution < -0.4 is 10.1 Å². The molecule has 1 N–H and O–H groups in total. The zero-order chi connectivity index (χ0) is 14.8. The zero-order valence-electron chi connectivity index (χ0n) is 11.1. The molecule has 1 unspecified atom stereocenters. The number of amides is 1. The van der Waals surface area contributed by atoms with Crippen molar-refractivity contribution in [2.45, 2.75) is 12.5 Å². The van der Waals surface area contributed by atoms with Crippen molar-refractivity contribution in [3.8, 4) is 5.75 Å². The maximum Gasteiger partial charge on any atom is 0.251 e. The third-order valence-corrected chi connectivity index (χ3v) is 4.13. The lowest BCUT2D eigenvalue weighted by atomic mass is 10.00. The van der Waals surface area contributed by atoms with E-state index in [1.165, 1.54) is 0 Å². The number of ether oxygens (including phenoxy) is 1. The lowest BCUT2D eigenvalue weighted by Crippen LogP contribution is -2.32. The van der Waals surface area contributed by atoms with Crippen molar-refractivity contribution >= 4 is 33.4 Å². The molecule has 0 saturated carbocycles. The zero-order valence-corrected chi connectivity index (χ0v) is 13.4. The minimum atomic E-state index is -0.129. The molecule has 1 atom stereocenters. The van der Waals surface area contributed by atoms with E-state index in [1.807, 2.05) is 18.2 Å². The molecule has 3 rings (SSSR count). The number of nitrogens with one attached hydrogen (secondary N) is 1. The molecular weight excluding hydrogens is 354 g/mol. The minimum absolute atomic E-state index is 0.0577. The van der Waals surface area contributed by atoms with Crippen molar-refractivity contribution in [3.63, 3.8) is 0 Å². The van der Waals surface area contributed by atoms with E-state index in [0.717, 1.165) is 22.2 Å². The van der Waals surface area contributed by atoms with Gasteiger partial charge < -0.3 is 10.1 Å². The third-order valence-electron chi connectivity index (χ3n) is 3.40. The summed E-state index contributed by atoms with van der Waals surface area (Å²) in [5, 5.41) is 3.60. The number of carbonyl (C=O) groups excluding carboxylic acids is 1. The summed E-state index contributed by atoms with van der Waals surface area (Å²) in [6.45, 7) is 0.592. The highest BCUT2D eigenvalue weighted by molar-refractivity contribution is 9.10. The predicted molar refractivity (Wildman–Crippen MR) is 85.9 cm³/mol. The van der Waals surface area contributed by atoms with Crippen molar-refractivity contribution in [1.29, 1.82) is 0 Å². The van der Waals surface area contributed by atoms with Gasteiger partial charge in [0, 0.05) is 27.0 Å². The van der Waals surface area contributed by atoms with Gasteiger partial charge in [-0.25, -0.2) is 0 Å². The molecule has 0 aliphatic carbocycles. The highest BCUT2D eigenvalue weighted by atomic mass is 79.9. The quantitative estimate of drug-likeness (QED) is 0.858. The second-order valence-corrected chi connectivity index (χ2v) is 6.21. The van der Waals surface area contributed by atoms with E-state index >= 15 is 0 Å². The van der Waals surface area contributed by atoms with Gasteiger partial charge in [-0.15, -0.1) is 0 Å². The van der Waals surface area contributed by atoms with Gasteiger partial charge in [0.15, 0.2) is 0 Å². The molecule has 5 heteroatoms. The van der Waals surface area contributed by atoms with Gasteiger partial charge in [0.25, 0.3) is 5.91 Å². The number of fused-ring (bicyclic) bond motifs is 1. The van der Waals surface area contributed by atoms with Gasteiger partial charge in [0.2, 0.25) is 0 Å². The first-order valence-electron chi connectivity index (χ1n) is 6.62. The second kappa shape index (κ2) is 6.08. The summed E-state index contributed by atoms with van der Waals surface area (Å²) in [5.74, 6) is 0.691. The van der Waals surface area contributed by atoms with Crippen LogP contribution in [-0.2, 0) is 0 Å². The predicted octanol–water partition coefficient (Wildman–Crippen LogP) is 4.36. The van der Waals surface area contributed by atoms with Crippen LogP contribution in [0.3, 0.4) is 0 Å². The monoisotopic (exact) mass is 365 g/mol. The van der Waals surface area contributed by atoms with Gasteiger partial charge >= 0.3 is 0 Å². The van der Waals surface area contributed by atoms with Crippen LogP contribution in [0.15, 0.2) is 46.9 Å². The molecule has 0 saturated heterocycles. The smallest absolute Gasteiger partial charge is 0.251 e. The van der Waals surface area contributed by atoms with Crippen LogP contribution in [0.2, 0.25) is 5.02 Å². The first-order valence-corrected chi connectivity index (χ1v) is 7.79. The molecule has 0 bridgehead atoms. The maximum atomic E-state index is 12.3. The molecular formula is C16H13BrClNO2. The molecule has 0 radical (unpaired) electrons. The number of rotatable bonds is 2. The highest BCUT2D eigenvalue weighted by Gasteiger charge is 2.23. The Bertz CT molecular complexity index is 690. The Kier molecular flexibility index (Phi) is 4.17. The Morgan fingerprint density at radius 3 is 2.95 bits per heavy atom. The summed E-state index contributed by atoms with van der Waals surface area (Å²) in [4.78, 5) is 12.3. The van der Waals surface area contributed by atoms with E-state index in [4.69, 9.17) is 16.3 Å². The fraction of sp³-hybridized carbons (Fsp3) is 0.188. The van der Waals surface area contributed by atoms with E-state index in [9.17, 15) is 4.79 Å². The van der Waals surface area contributed by atoms with Gasteiger partial charge in [-0.1, -0.05) is 33.6 Å². The van der Waals surface area contributed by atoms with Crippen molar-refractivity contribution in [3.05, 3.63) is 63.1 Å². The SMILES string of the molecule is O=C(NC1CCOc2ccc(Br)cc21)c1cccc(Cl)c1. The van der Waals surface area contributed by atoms with Gasteiger partial charge in [0.1, 0.15) is 5.75 Å². The number of halogens is 2. The van der Waals surface area contributed by atoms with Gasteiger partial charge in [0.05, 0.1) is 12.6 Å². The molecule has 0 aromatic heterocycles. The molecule has 1 heterocycles. The fourth-order valence-electron chi connectivity index (χ4n) is 2.39. The average molecular weight is 367 g/mol. The van der Waals surface area contributed by atoms with Crippen molar-refractivity contribution in [2.24, 2.45) is 0 Å². The maximum absolute atomic E-state index is 12.3. The Hall–Kier alpha value is -1.52. The summed E-state index contributed by atoms with van der Waals surface area (Å²) < 4.78 is 6.59. The van der Waals surface area contributed by atoms with E-state index in [1.54, 1.807) is 24.3 Å². The lowest BCUT2D eigenvalue weighted by Gasteiger charge is -2.27. The number of hydrogen-bond donors (Lipinski definition) is 1. The van der Waals surface area contributed by atoms with Crippen molar-refractivity contribution in [1.82, 2.24) is 5.32 Å². The largest absolute Gasteiger partial charge is 0.493 e. The van der Waals surface area contributed by atoms with E-state index < -0.39 is 0 Å². The summed E-state index contributed by atoms with van der Waals surface area (Å²) in [7, 11) is 0. The molecule has 3 nitrogen and oxygen atoms in total. The van der Waals surface area contributed by atoms with Crippen molar-refractivity contribution in [2.75, 3.05) is 6.61 Å². The molecule has 0 fully saturated rings. The van der Waals surface area contributed by atoms with E-state index in [0.29, 0.717) is 17.2 Å². The van der Waals surface area contributed by atoms with E-state index in [2.05, 4.69) is 21.2 Å². The van der Waals surface area contributed by atoms with Crippen LogP contribution in [0.5, 0.6) is 5.75 Å². The van der Waals surface area contributed by atoms with Crippen LogP contribution in [-0.4, -0.2) is 12.5 Å². The third kappa shape index (κ3) is 3.22. The van der Waals surface area contributed by atoms with Gasteiger partial charge in [-0.05, 0) is 36.4 Å². The molecule has 1 aliphatic rings. The summed E-state index contributed by atoms with van der Waals surface area (Å²) in [5.41, 5.74) is 1.55. The standard InChI is InChI=1S/C16H13BrClNO2/c17-11-4-5-15-13(9-11)14(6-7-21-15)19-16(20)10-2-1-3-12(18)8-10/h1-5,8-9,14H,6-7H2,(H,19,20). The van der Waals surface area contributed by atoms with E-state index in [-0.39, 0.29) is 11.9 Å². The number of hydrogen-bond acceptors (Lipinski definition) is 2. The number of benzene rings is 2. The Morgan fingerprint density at radius 2 is 2.14 bits per heavy atom. The summed E-state index contributed by atoms with van der Waals surface area (Å²) in [6, 6.07) is 12.7. The molecule has 108 valence electrons. The normalized spacial score (nSPS) is 16.8. The first-order chi connectivity index (χ1) is 10.1. The van der Waals surface area contributed by atoms with Crippen molar-refractivity contribution < 1.29 is 9.53 Å². The topological polar surface area (TPSA) is 38.3 Å². The number of carbonyl (C=O) groups is 1. The average Bonchev–Trinajstić information content (AvgIpc) is 2.48. The highest BCUT2D eigenvalue weighted by Crippen LogP contribution is 2.34. The van der Waals surface area contributed by atoms with Crippen LogP contribution >= 0.6 is 27.5 Å². The molecule has 2 aromatic rings. The molecule has 1 aliphatic heterocycles. The molecule has 2 aromatic carbocycles. The molecule has 21 heavy (non-hydrogen) atoms. The summed E-state index contributed by atoms with van der Waals surface area (Å²) in [6.07, 6.45) is 0.746. The Balaban J connectivity index is 1.83.